The molecule has 0 spiro atoms. The molecule has 3 rings (SSSR count). The first-order chi connectivity index (χ1) is 8.03. The summed E-state index contributed by atoms with van der Waals surface area (Å²) in [7, 11) is 0. The number of carbonyl (C=O) groups excluding carboxylic acids is 1. The highest BCUT2D eigenvalue weighted by Gasteiger charge is 2.67. The van der Waals surface area contributed by atoms with E-state index in [1.54, 1.807) is 0 Å². The standard InChI is InChI=1S/C14H22BrNO/c1-14(2,6-15)7-16-13(17)12-10-8-3-4-9(5-8)11(10)12/h8-12H,3-7H2,1-2H3,(H,16,17). The first-order valence-electron chi connectivity index (χ1n) is 6.87. The molecule has 3 saturated carbocycles. The van der Waals surface area contributed by atoms with Gasteiger partial charge in [-0.2, -0.15) is 0 Å². The normalized spacial score (nSPS) is 42.4. The third-order valence-corrected chi connectivity index (χ3v) is 6.66. The summed E-state index contributed by atoms with van der Waals surface area (Å²) in [6, 6.07) is 0. The van der Waals surface area contributed by atoms with Gasteiger partial charge in [-0.1, -0.05) is 29.8 Å². The van der Waals surface area contributed by atoms with E-state index < -0.39 is 0 Å². The van der Waals surface area contributed by atoms with Crippen molar-refractivity contribution in [2.24, 2.45) is 35.0 Å². The Balaban J connectivity index is 1.53. The Bertz CT molecular complexity index is 325. The summed E-state index contributed by atoms with van der Waals surface area (Å²) >= 11 is 3.50. The fourth-order valence-electron chi connectivity index (χ4n) is 4.17. The van der Waals surface area contributed by atoms with Crippen LogP contribution in [-0.4, -0.2) is 17.8 Å². The molecular formula is C14H22BrNO. The van der Waals surface area contributed by atoms with Crippen LogP contribution in [-0.2, 0) is 4.79 Å². The summed E-state index contributed by atoms with van der Waals surface area (Å²) in [6.45, 7) is 5.15. The highest BCUT2D eigenvalue weighted by molar-refractivity contribution is 9.09. The summed E-state index contributed by atoms with van der Waals surface area (Å²) < 4.78 is 0. The lowest BCUT2D eigenvalue weighted by Crippen LogP contribution is -2.36. The van der Waals surface area contributed by atoms with Gasteiger partial charge in [0.05, 0.1) is 0 Å². The number of amides is 1. The first kappa shape index (κ1) is 12.0. The van der Waals surface area contributed by atoms with E-state index >= 15 is 0 Å². The lowest BCUT2D eigenvalue weighted by molar-refractivity contribution is -0.123. The van der Waals surface area contributed by atoms with Crippen molar-refractivity contribution in [3.63, 3.8) is 0 Å². The van der Waals surface area contributed by atoms with Crippen LogP contribution in [0.1, 0.15) is 33.1 Å². The van der Waals surface area contributed by atoms with Crippen molar-refractivity contribution in [1.29, 1.82) is 0 Å². The Kier molecular flexibility index (Phi) is 2.81. The van der Waals surface area contributed by atoms with Crippen molar-refractivity contribution in [2.75, 3.05) is 11.9 Å². The van der Waals surface area contributed by atoms with Gasteiger partial charge in [-0.3, -0.25) is 4.79 Å². The van der Waals surface area contributed by atoms with E-state index in [2.05, 4.69) is 35.1 Å². The summed E-state index contributed by atoms with van der Waals surface area (Å²) in [5.74, 6) is 4.04. The summed E-state index contributed by atoms with van der Waals surface area (Å²) in [4.78, 5) is 12.2. The molecule has 1 N–H and O–H groups in total. The van der Waals surface area contributed by atoms with E-state index in [1.807, 2.05) is 0 Å². The quantitative estimate of drug-likeness (QED) is 0.795. The van der Waals surface area contributed by atoms with Gasteiger partial charge in [0.1, 0.15) is 0 Å². The number of hydrogen-bond acceptors (Lipinski definition) is 1. The third-order valence-electron chi connectivity index (χ3n) is 5.14. The van der Waals surface area contributed by atoms with Crippen molar-refractivity contribution < 1.29 is 4.79 Å². The predicted octanol–water partition coefficient (Wildman–Crippen LogP) is 2.82. The van der Waals surface area contributed by atoms with Crippen molar-refractivity contribution in [3.8, 4) is 0 Å². The zero-order valence-corrected chi connectivity index (χ0v) is 12.3. The molecule has 3 aliphatic carbocycles. The van der Waals surface area contributed by atoms with Gasteiger partial charge in [-0.15, -0.1) is 0 Å². The van der Waals surface area contributed by atoms with E-state index in [9.17, 15) is 4.79 Å². The van der Waals surface area contributed by atoms with E-state index in [0.29, 0.717) is 11.8 Å². The molecule has 2 nitrogen and oxygen atoms in total. The SMILES string of the molecule is CC(C)(CBr)CNC(=O)C1C2C3CCC(C3)C12. The highest BCUT2D eigenvalue weighted by Crippen LogP contribution is 2.69. The Labute approximate surface area is 112 Å². The lowest BCUT2D eigenvalue weighted by atomic mass is 9.96. The molecule has 2 bridgehead atoms. The lowest BCUT2D eigenvalue weighted by Gasteiger charge is -2.22. The monoisotopic (exact) mass is 299 g/mol. The summed E-state index contributed by atoms with van der Waals surface area (Å²) in [6.07, 6.45) is 4.21. The number of hydrogen-bond donors (Lipinski definition) is 1. The van der Waals surface area contributed by atoms with E-state index in [0.717, 1.165) is 35.5 Å². The number of rotatable bonds is 4. The van der Waals surface area contributed by atoms with Gasteiger partial charge in [0.2, 0.25) is 5.91 Å². The zero-order chi connectivity index (χ0) is 12.2. The molecule has 4 atom stereocenters. The van der Waals surface area contributed by atoms with Crippen LogP contribution in [0.5, 0.6) is 0 Å². The predicted molar refractivity (Wildman–Crippen MR) is 71.9 cm³/mol. The van der Waals surface area contributed by atoms with Crippen LogP contribution in [0.25, 0.3) is 0 Å². The van der Waals surface area contributed by atoms with Gasteiger partial charge < -0.3 is 5.32 Å². The molecule has 0 aromatic rings. The molecule has 0 radical (unpaired) electrons. The van der Waals surface area contributed by atoms with E-state index in [4.69, 9.17) is 0 Å². The van der Waals surface area contributed by atoms with Crippen molar-refractivity contribution in [3.05, 3.63) is 0 Å². The topological polar surface area (TPSA) is 29.1 Å². The Morgan fingerprint density at radius 2 is 1.88 bits per heavy atom. The second-order valence-corrected chi connectivity index (χ2v) is 7.59. The second-order valence-electron chi connectivity index (χ2n) is 7.03. The maximum atomic E-state index is 12.2. The molecule has 0 aliphatic heterocycles. The number of fused-ring (bicyclic) bond motifs is 5. The van der Waals surface area contributed by atoms with Gasteiger partial charge in [0.15, 0.2) is 0 Å². The van der Waals surface area contributed by atoms with Gasteiger partial charge in [0, 0.05) is 17.8 Å². The minimum atomic E-state index is 0.165. The molecule has 0 heterocycles. The minimum absolute atomic E-state index is 0.165. The highest BCUT2D eigenvalue weighted by atomic mass is 79.9. The first-order valence-corrected chi connectivity index (χ1v) is 7.99. The van der Waals surface area contributed by atoms with Crippen molar-refractivity contribution >= 4 is 21.8 Å². The van der Waals surface area contributed by atoms with E-state index in [1.165, 1.54) is 19.3 Å². The Hall–Kier alpha value is -0.0500. The molecule has 0 saturated heterocycles. The van der Waals surface area contributed by atoms with Crippen LogP contribution < -0.4 is 5.32 Å². The number of carbonyl (C=O) groups is 1. The summed E-state index contributed by atoms with van der Waals surface area (Å²) in [5.41, 5.74) is 0.165. The fourth-order valence-corrected chi connectivity index (χ4v) is 4.37. The van der Waals surface area contributed by atoms with Crippen LogP contribution in [0.15, 0.2) is 0 Å². The molecule has 17 heavy (non-hydrogen) atoms. The van der Waals surface area contributed by atoms with Gasteiger partial charge in [-0.25, -0.2) is 0 Å². The van der Waals surface area contributed by atoms with Crippen LogP contribution in [0.4, 0.5) is 0 Å². The molecule has 3 fully saturated rings. The van der Waals surface area contributed by atoms with Gasteiger partial charge >= 0.3 is 0 Å². The van der Waals surface area contributed by atoms with Crippen LogP contribution >= 0.6 is 15.9 Å². The average molecular weight is 300 g/mol. The zero-order valence-electron chi connectivity index (χ0n) is 10.7. The smallest absolute Gasteiger partial charge is 0.223 e. The minimum Gasteiger partial charge on any atom is -0.355 e. The molecule has 3 heteroatoms. The number of halogens is 1. The Morgan fingerprint density at radius 3 is 2.41 bits per heavy atom. The number of nitrogens with one attached hydrogen (secondary N) is 1. The Morgan fingerprint density at radius 1 is 1.29 bits per heavy atom. The third kappa shape index (κ3) is 1.94. The second kappa shape index (κ2) is 3.97. The fraction of sp³-hybridized carbons (Fsp3) is 0.929. The molecule has 4 unspecified atom stereocenters. The summed E-state index contributed by atoms with van der Waals surface area (Å²) in [5, 5.41) is 4.10. The van der Waals surface area contributed by atoms with Gasteiger partial charge in [0.25, 0.3) is 0 Å². The molecule has 3 aliphatic rings. The molecule has 0 aromatic carbocycles. The molecule has 96 valence electrons. The van der Waals surface area contributed by atoms with Crippen LogP contribution in [0, 0.1) is 35.0 Å². The average Bonchev–Trinajstić information content (AvgIpc) is 2.75. The van der Waals surface area contributed by atoms with Crippen molar-refractivity contribution in [2.45, 2.75) is 33.1 Å². The van der Waals surface area contributed by atoms with Crippen molar-refractivity contribution in [1.82, 2.24) is 5.32 Å². The number of alkyl halides is 1. The van der Waals surface area contributed by atoms with Gasteiger partial charge in [-0.05, 0) is 48.3 Å². The molecular weight excluding hydrogens is 278 g/mol. The largest absolute Gasteiger partial charge is 0.355 e. The maximum absolute atomic E-state index is 12.2. The maximum Gasteiger partial charge on any atom is 0.223 e. The van der Waals surface area contributed by atoms with Crippen LogP contribution in [0.2, 0.25) is 0 Å². The molecule has 0 aromatic heterocycles. The van der Waals surface area contributed by atoms with Crippen LogP contribution in [0.3, 0.4) is 0 Å². The van der Waals surface area contributed by atoms with E-state index in [-0.39, 0.29) is 5.41 Å². The molecule has 1 amide bonds.